The van der Waals surface area contributed by atoms with Crippen molar-refractivity contribution in [3.63, 3.8) is 0 Å². The Balaban J connectivity index is 1.66. The normalized spacial score (nSPS) is 22.1. The van der Waals surface area contributed by atoms with Gasteiger partial charge in [0.2, 0.25) is 0 Å². The molecule has 2 aromatic rings. The molecular formula is C20H24F3N4OP. The third-order valence-electron chi connectivity index (χ3n) is 5.56. The number of H-pyrrole nitrogens is 1. The summed E-state index contributed by atoms with van der Waals surface area (Å²) in [6.45, 7) is 4.54. The molecule has 2 aliphatic rings. The average Bonchev–Trinajstić information content (AvgIpc) is 3.31. The van der Waals surface area contributed by atoms with Crippen molar-refractivity contribution >= 4 is 35.8 Å². The minimum absolute atomic E-state index is 0.0458. The van der Waals surface area contributed by atoms with Gasteiger partial charge in [-0.15, -0.1) is 0 Å². The second kappa shape index (κ2) is 7.65. The number of alkyl halides is 3. The SMILES string of the molecule is CP(C)c1cccc2c(C3=C(C(F)(F)F)CN=C(NCC4CC4CO)N3)c[nH]c12. The van der Waals surface area contributed by atoms with Crippen LogP contribution >= 0.6 is 7.92 Å². The molecule has 4 N–H and O–H groups in total. The highest BCUT2D eigenvalue weighted by atomic mass is 31.1. The van der Waals surface area contributed by atoms with Crippen molar-refractivity contribution in [2.24, 2.45) is 16.8 Å². The van der Waals surface area contributed by atoms with Gasteiger partial charge in [0.15, 0.2) is 5.96 Å². The number of aromatic nitrogens is 1. The molecule has 5 nitrogen and oxygen atoms in total. The molecule has 2 heterocycles. The van der Waals surface area contributed by atoms with E-state index in [2.05, 4.69) is 33.9 Å². The number of nitrogens with zero attached hydrogens (tertiary/aromatic N) is 1. The smallest absolute Gasteiger partial charge is 0.396 e. The number of aliphatic hydroxyl groups is 1. The molecule has 0 saturated heterocycles. The van der Waals surface area contributed by atoms with E-state index in [0.717, 1.165) is 22.6 Å². The maximum atomic E-state index is 13.7. The largest absolute Gasteiger partial charge is 0.416 e. The summed E-state index contributed by atoms with van der Waals surface area (Å²) in [7, 11) is -0.401. The van der Waals surface area contributed by atoms with E-state index in [0.29, 0.717) is 24.0 Å². The van der Waals surface area contributed by atoms with Crippen LogP contribution in [0.1, 0.15) is 12.0 Å². The zero-order valence-electron chi connectivity index (χ0n) is 16.3. The average molecular weight is 424 g/mol. The zero-order chi connectivity index (χ0) is 20.8. The molecule has 29 heavy (non-hydrogen) atoms. The van der Waals surface area contributed by atoms with Gasteiger partial charge in [-0.25, -0.2) is 4.99 Å². The van der Waals surface area contributed by atoms with E-state index in [1.807, 2.05) is 18.2 Å². The summed E-state index contributed by atoms with van der Waals surface area (Å²) in [6.07, 6.45) is -1.90. The molecular weight excluding hydrogens is 400 g/mol. The number of aromatic amines is 1. The maximum Gasteiger partial charge on any atom is 0.416 e. The van der Waals surface area contributed by atoms with Gasteiger partial charge in [-0.2, -0.15) is 13.2 Å². The van der Waals surface area contributed by atoms with Crippen molar-refractivity contribution in [3.8, 4) is 0 Å². The van der Waals surface area contributed by atoms with Crippen LogP contribution in [0.25, 0.3) is 16.6 Å². The third kappa shape index (κ3) is 4.01. The molecule has 1 aliphatic heterocycles. The molecule has 0 radical (unpaired) electrons. The lowest BCUT2D eigenvalue weighted by atomic mass is 10.0. The number of nitrogens with one attached hydrogen (secondary N) is 3. The number of aliphatic imine (C=N–C) groups is 1. The third-order valence-corrected chi connectivity index (χ3v) is 6.90. The van der Waals surface area contributed by atoms with E-state index >= 15 is 0 Å². The van der Waals surface area contributed by atoms with Crippen molar-refractivity contribution in [3.05, 3.63) is 35.5 Å². The molecule has 1 fully saturated rings. The van der Waals surface area contributed by atoms with Gasteiger partial charge in [-0.3, -0.25) is 0 Å². The van der Waals surface area contributed by atoms with Crippen LogP contribution in [0.4, 0.5) is 13.2 Å². The van der Waals surface area contributed by atoms with Crippen LogP contribution in [0.5, 0.6) is 0 Å². The summed E-state index contributed by atoms with van der Waals surface area (Å²) in [6, 6.07) is 5.76. The van der Waals surface area contributed by atoms with Crippen molar-refractivity contribution < 1.29 is 18.3 Å². The Morgan fingerprint density at radius 3 is 2.72 bits per heavy atom. The van der Waals surface area contributed by atoms with Gasteiger partial charge in [0, 0.05) is 30.3 Å². The van der Waals surface area contributed by atoms with Crippen molar-refractivity contribution in [1.29, 1.82) is 0 Å². The highest BCUT2D eigenvalue weighted by Crippen LogP contribution is 2.38. The molecule has 0 amide bonds. The molecule has 1 aromatic carbocycles. The number of hydrogen-bond donors (Lipinski definition) is 4. The van der Waals surface area contributed by atoms with Crippen molar-refractivity contribution in [2.45, 2.75) is 12.6 Å². The molecule has 0 spiro atoms. The number of para-hydroxylation sites is 1. The Bertz CT molecular complexity index is 980. The number of benzene rings is 1. The fourth-order valence-electron chi connectivity index (χ4n) is 3.76. The molecule has 1 saturated carbocycles. The van der Waals surface area contributed by atoms with Crippen LogP contribution in [0.2, 0.25) is 0 Å². The van der Waals surface area contributed by atoms with Gasteiger partial charge in [-0.1, -0.05) is 26.1 Å². The lowest BCUT2D eigenvalue weighted by Crippen LogP contribution is -2.42. The van der Waals surface area contributed by atoms with Gasteiger partial charge < -0.3 is 20.7 Å². The van der Waals surface area contributed by atoms with Gasteiger partial charge in [0.1, 0.15) is 0 Å². The number of guanidine groups is 1. The van der Waals surface area contributed by atoms with Crippen LogP contribution in [0.15, 0.2) is 35.0 Å². The van der Waals surface area contributed by atoms with Crippen LogP contribution in [0.3, 0.4) is 0 Å². The minimum atomic E-state index is -4.47. The number of rotatable bonds is 5. The first kappa shape index (κ1) is 20.2. The topological polar surface area (TPSA) is 72.4 Å². The highest BCUT2D eigenvalue weighted by Gasteiger charge is 2.40. The number of aliphatic hydroxyl groups excluding tert-OH is 1. The lowest BCUT2D eigenvalue weighted by molar-refractivity contribution is -0.0918. The van der Waals surface area contributed by atoms with E-state index in [9.17, 15) is 13.2 Å². The Hall–Kier alpha value is -2.05. The lowest BCUT2D eigenvalue weighted by Gasteiger charge is -2.24. The maximum absolute atomic E-state index is 13.7. The second-order valence-corrected chi connectivity index (χ2v) is 10.0. The molecule has 2 atom stereocenters. The first-order chi connectivity index (χ1) is 13.8. The standard InChI is InChI=1S/C20H24F3N4OP/c1-29(2)16-5-3-4-13-14(8-24-18(13)16)17-15(20(21,22)23)9-26-19(27-17)25-7-11-6-12(11)10-28/h3-5,8,11-12,24,28H,6-7,9-10H2,1-2H3,(H2,25,26,27). The minimum Gasteiger partial charge on any atom is -0.396 e. The fourth-order valence-corrected chi connectivity index (χ4v) is 4.78. The van der Waals surface area contributed by atoms with Gasteiger partial charge >= 0.3 is 6.18 Å². The fraction of sp³-hybridized carbons (Fsp3) is 0.450. The van der Waals surface area contributed by atoms with E-state index < -0.39 is 26.2 Å². The Kier molecular flexibility index (Phi) is 5.34. The molecule has 1 aromatic heterocycles. The highest BCUT2D eigenvalue weighted by molar-refractivity contribution is 7.64. The summed E-state index contributed by atoms with van der Waals surface area (Å²) < 4.78 is 41.2. The predicted molar refractivity (Wildman–Crippen MR) is 112 cm³/mol. The van der Waals surface area contributed by atoms with Gasteiger partial charge in [0.25, 0.3) is 0 Å². The van der Waals surface area contributed by atoms with E-state index in [4.69, 9.17) is 5.11 Å². The molecule has 0 bridgehead atoms. The summed E-state index contributed by atoms with van der Waals surface area (Å²) in [4.78, 5) is 7.24. The molecule has 1 aliphatic carbocycles. The summed E-state index contributed by atoms with van der Waals surface area (Å²) in [5.74, 6) is 0.956. The molecule has 2 unspecified atom stereocenters. The Morgan fingerprint density at radius 2 is 2.07 bits per heavy atom. The summed E-state index contributed by atoms with van der Waals surface area (Å²) >= 11 is 0. The first-order valence-electron chi connectivity index (χ1n) is 9.54. The zero-order valence-corrected chi connectivity index (χ0v) is 17.2. The number of fused-ring (bicyclic) bond motifs is 1. The second-order valence-electron chi connectivity index (χ2n) is 7.76. The first-order valence-corrected chi connectivity index (χ1v) is 11.8. The van der Waals surface area contributed by atoms with Gasteiger partial charge in [0.05, 0.1) is 23.3 Å². The monoisotopic (exact) mass is 424 g/mol. The van der Waals surface area contributed by atoms with Crippen LogP contribution < -0.4 is 15.9 Å². The Labute approximate surface area is 168 Å². The molecule has 156 valence electrons. The summed E-state index contributed by atoms with van der Waals surface area (Å²) in [5, 5.41) is 17.1. The van der Waals surface area contributed by atoms with Crippen molar-refractivity contribution in [2.75, 3.05) is 33.0 Å². The van der Waals surface area contributed by atoms with E-state index in [1.165, 1.54) is 0 Å². The van der Waals surface area contributed by atoms with Gasteiger partial charge in [-0.05, 0) is 36.9 Å². The van der Waals surface area contributed by atoms with Crippen molar-refractivity contribution in [1.82, 2.24) is 15.6 Å². The number of halogens is 3. The van der Waals surface area contributed by atoms with E-state index in [1.54, 1.807) is 6.20 Å². The quantitative estimate of drug-likeness (QED) is 0.558. The molecule has 4 rings (SSSR count). The molecule has 9 heteroatoms. The van der Waals surface area contributed by atoms with Crippen LogP contribution in [-0.4, -0.2) is 55.3 Å². The Morgan fingerprint density at radius 1 is 1.28 bits per heavy atom. The van der Waals surface area contributed by atoms with Crippen LogP contribution in [0, 0.1) is 11.8 Å². The summed E-state index contributed by atoms with van der Waals surface area (Å²) in [5.41, 5.74) is 0.754. The van der Waals surface area contributed by atoms with Crippen LogP contribution in [-0.2, 0) is 0 Å². The number of hydrogen-bond acceptors (Lipinski definition) is 4. The van der Waals surface area contributed by atoms with E-state index in [-0.39, 0.29) is 18.2 Å². The predicted octanol–water partition coefficient (Wildman–Crippen LogP) is 2.99.